The third kappa shape index (κ3) is 5.10. The maximum atomic E-state index is 8.81. The van der Waals surface area contributed by atoms with Crippen molar-refractivity contribution in [3.63, 3.8) is 0 Å². The van der Waals surface area contributed by atoms with Crippen molar-refractivity contribution in [2.24, 2.45) is 5.41 Å². The van der Waals surface area contributed by atoms with E-state index < -0.39 is 0 Å². The molecule has 0 spiro atoms. The average Bonchev–Trinajstić information content (AvgIpc) is 2.25. The zero-order valence-electron chi connectivity index (χ0n) is 10.7. The summed E-state index contributed by atoms with van der Waals surface area (Å²) in [6.07, 6.45) is 2.26. The number of nitriles is 1. The first-order chi connectivity index (χ1) is 7.92. The van der Waals surface area contributed by atoms with Gasteiger partial charge in [-0.05, 0) is 36.5 Å². The van der Waals surface area contributed by atoms with Gasteiger partial charge < -0.3 is 5.32 Å². The standard InChI is InChI=1S/C14H19ClN2/c1-14(2,3)7-4-8-17-13-9-11(10-16)5-6-12(13)15/h5-6,9,17H,4,7-8H2,1-3H3. The number of nitrogens with zero attached hydrogens (tertiary/aromatic N) is 1. The van der Waals surface area contributed by atoms with Crippen LogP contribution in [0.2, 0.25) is 5.02 Å². The molecule has 0 fully saturated rings. The van der Waals surface area contributed by atoms with Crippen LogP contribution in [0.5, 0.6) is 0 Å². The van der Waals surface area contributed by atoms with Gasteiger partial charge in [-0.15, -0.1) is 0 Å². The summed E-state index contributed by atoms with van der Waals surface area (Å²) in [5.74, 6) is 0. The van der Waals surface area contributed by atoms with E-state index in [0.717, 1.165) is 25.1 Å². The Bertz CT molecular complexity index is 413. The SMILES string of the molecule is CC(C)(C)CCCNc1cc(C#N)ccc1Cl. The summed E-state index contributed by atoms with van der Waals surface area (Å²) in [6, 6.07) is 7.38. The van der Waals surface area contributed by atoms with Gasteiger partial charge in [-0.25, -0.2) is 0 Å². The Hall–Kier alpha value is -1.20. The van der Waals surface area contributed by atoms with E-state index in [4.69, 9.17) is 16.9 Å². The van der Waals surface area contributed by atoms with Gasteiger partial charge in [0.25, 0.3) is 0 Å². The lowest BCUT2D eigenvalue weighted by molar-refractivity contribution is 0.370. The minimum Gasteiger partial charge on any atom is -0.384 e. The predicted molar refractivity (Wildman–Crippen MR) is 73.3 cm³/mol. The molecular weight excluding hydrogens is 232 g/mol. The van der Waals surface area contributed by atoms with E-state index in [1.54, 1.807) is 18.2 Å². The molecule has 0 heterocycles. The lowest BCUT2D eigenvalue weighted by Gasteiger charge is -2.18. The highest BCUT2D eigenvalue weighted by Gasteiger charge is 2.09. The number of rotatable bonds is 4. The normalized spacial score (nSPS) is 11.0. The van der Waals surface area contributed by atoms with Crippen LogP contribution in [0.4, 0.5) is 5.69 Å². The van der Waals surface area contributed by atoms with E-state index in [1.165, 1.54) is 0 Å². The number of hydrogen-bond acceptors (Lipinski definition) is 2. The molecule has 1 N–H and O–H groups in total. The van der Waals surface area contributed by atoms with Crippen molar-refractivity contribution in [2.45, 2.75) is 33.6 Å². The monoisotopic (exact) mass is 250 g/mol. The van der Waals surface area contributed by atoms with Crippen LogP contribution in [0.1, 0.15) is 39.2 Å². The summed E-state index contributed by atoms with van der Waals surface area (Å²) >= 11 is 6.05. The minimum absolute atomic E-state index is 0.361. The highest BCUT2D eigenvalue weighted by atomic mass is 35.5. The zero-order chi connectivity index (χ0) is 12.9. The van der Waals surface area contributed by atoms with Crippen molar-refractivity contribution in [2.75, 3.05) is 11.9 Å². The van der Waals surface area contributed by atoms with Crippen molar-refractivity contribution in [1.82, 2.24) is 0 Å². The summed E-state index contributed by atoms with van der Waals surface area (Å²) in [4.78, 5) is 0. The Kier molecular flexibility index (Phi) is 4.84. The van der Waals surface area contributed by atoms with E-state index in [9.17, 15) is 0 Å². The van der Waals surface area contributed by atoms with Crippen molar-refractivity contribution >= 4 is 17.3 Å². The molecule has 0 aliphatic heterocycles. The van der Waals surface area contributed by atoms with Crippen LogP contribution in [-0.4, -0.2) is 6.54 Å². The molecule has 0 bridgehead atoms. The molecule has 0 saturated heterocycles. The summed E-state index contributed by atoms with van der Waals surface area (Å²) in [5.41, 5.74) is 1.84. The first kappa shape index (κ1) is 13.9. The van der Waals surface area contributed by atoms with Crippen LogP contribution < -0.4 is 5.32 Å². The molecule has 0 radical (unpaired) electrons. The molecule has 2 nitrogen and oxygen atoms in total. The Morgan fingerprint density at radius 1 is 1.35 bits per heavy atom. The number of halogens is 1. The van der Waals surface area contributed by atoms with E-state index in [0.29, 0.717) is 16.0 Å². The van der Waals surface area contributed by atoms with E-state index in [1.807, 2.05) is 0 Å². The highest BCUT2D eigenvalue weighted by molar-refractivity contribution is 6.33. The zero-order valence-corrected chi connectivity index (χ0v) is 11.4. The molecule has 0 atom stereocenters. The van der Waals surface area contributed by atoms with Crippen LogP contribution >= 0.6 is 11.6 Å². The summed E-state index contributed by atoms with van der Waals surface area (Å²) in [6.45, 7) is 7.58. The molecule has 0 amide bonds. The fourth-order valence-corrected chi connectivity index (χ4v) is 1.76. The van der Waals surface area contributed by atoms with Gasteiger partial charge in [-0.3, -0.25) is 0 Å². The van der Waals surface area contributed by atoms with Gasteiger partial charge in [0.05, 0.1) is 22.3 Å². The maximum Gasteiger partial charge on any atom is 0.0992 e. The molecule has 0 aliphatic rings. The van der Waals surface area contributed by atoms with Crippen LogP contribution in [-0.2, 0) is 0 Å². The number of nitrogens with one attached hydrogen (secondary N) is 1. The van der Waals surface area contributed by atoms with Crippen LogP contribution in [0, 0.1) is 16.7 Å². The molecule has 0 aliphatic carbocycles. The molecule has 3 heteroatoms. The summed E-state index contributed by atoms with van der Waals surface area (Å²) in [5, 5.41) is 12.8. The van der Waals surface area contributed by atoms with Crippen LogP contribution in [0.15, 0.2) is 18.2 Å². The Morgan fingerprint density at radius 3 is 2.65 bits per heavy atom. The summed E-state index contributed by atoms with van der Waals surface area (Å²) < 4.78 is 0. The van der Waals surface area contributed by atoms with Gasteiger partial charge >= 0.3 is 0 Å². The number of hydrogen-bond donors (Lipinski definition) is 1. The van der Waals surface area contributed by atoms with E-state index in [-0.39, 0.29) is 0 Å². The highest BCUT2D eigenvalue weighted by Crippen LogP contribution is 2.24. The minimum atomic E-state index is 0.361. The molecule has 92 valence electrons. The molecule has 1 aromatic carbocycles. The second kappa shape index (κ2) is 5.93. The van der Waals surface area contributed by atoms with Gasteiger partial charge in [-0.2, -0.15) is 5.26 Å². The molecule has 17 heavy (non-hydrogen) atoms. The van der Waals surface area contributed by atoms with Gasteiger partial charge in [0.2, 0.25) is 0 Å². The molecule has 0 aromatic heterocycles. The van der Waals surface area contributed by atoms with Crippen molar-refractivity contribution in [1.29, 1.82) is 5.26 Å². The third-order valence-electron chi connectivity index (χ3n) is 2.51. The average molecular weight is 251 g/mol. The second-order valence-electron chi connectivity index (χ2n) is 5.40. The lowest BCUT2D eigenvalue weighted by atomic mass is 9.91. The largest absolute Gasteiger partial charge is 0.384 e. The van der Waals surface area contributed by atoms with Gasteiger partial charge in [0, 0.05) is 6.54 Å². The van der Waals surface area contributed by atoms with E-state index >= 15 is 0 Å². The van der Waals surface area contributed by atoms with Crippen molar-refractivity contribution in [3.8, 4) is 6.07 Å². The van der Waals surface area contributed by atoms with Crippen LogP contribution in [0.25, 0.3) is 0 Å². The number of anilines is 1. The van der Waals surface area contributed by atoms with Crippen LogP contribution in [0.3, 0.4) is 0 Å². The summed E-state index contributed by atoms with van der Waals surface area (Å²) in [7, 11) is 0. The lowest BCUT2D eigenvalue weighted by Crippen LogP contribution is -2.09. The fraction of sp³-hybridized carbons (Fsp3) is 0.500. The van der Waals surface area contributed by atoms with Crippen molar-refractivity contribution < 1.29 is 0 Å². The maximum absolute atomic E-state index is 8.81. The Morgan fingerprint density at radius 2 is 2.06 bits per heavy atom. The van der Waals surface area contributed by atoms with Gasteiger partial charge in [0.15, 0.2) is 0 Å². The van der Waals surface area contributed by atoms with Gasteiger partial charge in [-0.1, -0.05) is 32.4 Å². The Labute approximate surface area is 109 Å². The number of benzene rings is 1. The molecule has 0 unspecified atom stereocenters. The predicted octanol–water partition coefficient (Wildman–Crippen LogP) is 4.45. The molecule has 1 aromatic rings. The van der Waals surface area contributed by atoms with E-state index in [2.05, 4.69) is 32.2 Å². The quantitative estimate of drug-likeness (QED) is 0.802. The fourth-order valence-electron chi connectivity index (χ4n) is 1.57. The molecule has 1 rings (SSSR count). The Balaban J connectivity index is 2.49. The first-order valence-corrected chi connectivity index (χ1v) is 6.24. The smallest absolute Gasteiger partial charge is 0.0992 e. The molecule has 0 saturated carbocycles. The second-order valence-corrected chi connectivity index (χ2v) is 5.80. The topological polar surface area (TPSA) is 35.8 Å². The third-order valence-corrected chi connectivity index (χ3v) is 2.84. The molecular formula is C14H19ClN2. The van der Waals surface area contributed by atoms with Crippen molar-refractivity contribution in [3.05, 3.63) is 28.8 Å². The van der Waals surface area contributed by atoms with Gasteiger partial charge in [0.1, 0.15) is 0 Å². The first-order valence-electron chi connectivity index (χ1n) is 5.86.